The number of non-ortho nitro benzene ring substituents is 1. The van der Waals surface area contributed by atoms with Crippen LogP contribution >= 0.6 is 15.9 Å². The van der Waals surface area contributed by atoms with Crippen LogP contribution in [-0.4, -0.2) is 19.2 Å². The molecule has 166 valence electrons. The molecule has 33 heavy (non-hydrogen) atoms. The van der Waals surface area contributed by atoms with Gasteiger partial charge in [0.15, 0.2) is 5.75 Å². The van der Waals surface area contributed by atoms with E-state index in [4.69, 9.17) is 4.18 Å². The minimum absolute atomic E-state index is 0.00883. The molecule has 3 aromatic carbocycles. The van der Waals surface area contributed by atoms with Crippen LogP contribution in [0.2, 0.25) is 0 Å². The van der Waals surface area contributed by atoms with Gasteiger partial charge in [0.25, 0.3) is 11.6 Å². The lowest BCUT2D eigenvalue weighted by molar-refractivity contribution is -0.384. The van der Waals surface area contributed by atoms with E-state index in [0.29, 0.717) is 5.56 Å². The van der Waals surface area contributed by atoms with Gasteiger partial charge in [0.2, 0.25) is 0 Å². The quantitative estimate of drug-likeness (QED) is 0.155. The molecule has 0 spiro atoms. The van der Waals surface area contributed by atoms with Gasteiger partial charge in [0.1, 0.15) is 16.5 Å². The molecule has 3 aromatic rings. The number of carbonyl (C=O) groups is 1. The van der Waals surface area contributed by atoms with Crippen molar-refractivity contribution in [3.8, 4) is 11.8 Å². The van der Waals surface area contributed by atoms with E-state index in [1.54, 1.807) is 24.3 Å². The molecule has 3 rings (SSSR count). The first-order valence-electron chi connectivity index (χ1n) is 9.16. The summed E-state index contributed by atoms with van der Waals surface area (Å²) in [7, 11) is -4.04. The zero-order chi connectivity index (χ0) is 24.0. The first-order chi connectivity index (χ1) is 15.7. The van der Waals surface area contributed by atoms with E-state index >= 15 is 0 Å². The van der Waals surface area contributed by atoms with Crippen molar-refractivity contribution in [1.29, 1.82) is 5.26 Å². The van der Waals surface area contributed by atoms with Crippen LogP contribution < -0.4 is 9.50 Å². The second-order valence-electron chi connectivity index (χ2n) is 6.47. The number of carbonyl (C=O) groups excluding carboxylic acids is 1. The van der Waals surface area contributed by atoms with Crippen molar-refractivity contribution in [2.24, 2.45) is 0 Å². The summed E-state index contributed by atoms with van der Waals surface area (Å²) in [5, 5.41) is 22.7. The lowest BCUT2D eigenvalue weighted by atomic mass is 10.1. The molecule has 0 bridgehead atoms. The van der Waals surface area contributed by atoms with Crippen molar-refractivity contribution in [1.82, 2.24) is 0 Å². The highest BCUT2D eigenvalue weighted by molar-refractivity contribution is 9.10. The van der Waals surface area contributed by atoms with Crippen LogP contribution in [0.15, 0.2) is 87.7 Å². The lowest BCUT2D eigenvalue weighted by Crippen LogP contribution is -2.13. The van der Waals surface area contributed by atoms with Gasteiger partial charge in [0.05, 0.1) is 9.40 Å². The van der Waals surface area contributed by atoms with Crippen LogP contribution in [0.3, 0.4) is 0 Å². The largest absolute Gasteiger partial charge is 0.378 e. The van der Waals surface area contributed by atoms with Crippen molar-refractivity contribution in [2.45, 2.75) is 4.90 Å². The van der Waals surface area contributed by atoms with Gasteiger partial charge in [-0.25, -0.2) is 0 Å². The van der Waals surface area contributed by atoms with Crippen LogP contribution in [0.4, 0.5) is 11.4 Å². The second kappa shape index (κ2) is 10.1. The number of nitrogens with one attached hydrogen (secondary N) is 1. The van der Waals surface area contributed by atoms with E-state index < -0.39 is 20.9 Å². The maximum absolute atomic E-state index is 12.4. The molecule has 0 radical (unpaired) electrons. The average Bonchev–Trinajstić information content (AvgIpc) is 2.79. The average molecular weight is 528 g/mol. The van der Waals surface area contributed by atoms with Crippen LogP contribution in [0, 0.1) is 21.4 Å². The van der Waals surface area contributed by atoms with Crippen LogP contribution in [0.1, 0.15) is 5.56 Å². The van der Waals surface area contributed by atoms with E-state index in [-0.39, 0.29) is 32.1 Å². The Hall–Kier alpha value is -4.01. The number of rotatable bonds is 7. The third kappa shape index (κ3) is 6.03. The van der Waals surface area contributed by atoms with Gasteiger partial charge in [0, 0.05) is 17.8 Å². The fourth-order valence-corrected chi connectivity index (χ4v) is 4.19. The minimum Gasteiger partial charge on any atom is -0.378 e. The number of halogens is 1. The van der Waals surface area contributed by atoms with E-state index in [2.05, 4.69) is 21.2 Å². The van der Waals surface area contributed by atoms with Gasteiger partial charge < -0.3 is 9.50 Å². The number of nitriles is 1. The summed E-state index contributed by atoms with van der Waals surface area (Å²) >= 11 is 3.23. The summed E-state index contributed by atoms with van der Waals surface area (Å²) in [6.45, 7) is 0. The van der Waals surface area contributed by atoms with Crippen LogP contribution in [-0.2, 0) is 14.9 Å². The molecule has 11 heteroatoms. The standard InChI is InChI=1S/C22H14BrN3O6S/c23-20-12-15(9-10-21(20)32-33(30,31)19-7-2-1-3-8-19)11-16(14-24)22(27)25-17-5-4-6-18(13-17)26(28)29/h1-13H,(H,25,27)/b16-11+. The van der Waals surface area contributed by atoms with E-state index in [9.17, 15) is 28.6 Å². The number of anilines is 1. The number of amides is 1. The highest BCUT2D eigenvalue weighted by atomic mass is 79.9. The summed E-state index contributed by atoms with van der Waals surface area (Å²) in [4.78, 5) is 22.7. The molecule has 0 fully saturated rings. The van der Waals surface area contributed by atoms with Crippen LogP contribution in [0.5, 0.6) is 5.75 Å². The summed E-state index contributed by atoms with van der Waals surface area (Å²) in [5.41, 5.74) is 0.0997. The summed E-state index contributed by atoms with van der Waals surface area (Å²) in [6.07, 6.45) is 1.28. The predicted octanol–water partition coefficient (Wildman–Crippen LogP) is 4.67. The Bertz CT molecular complexity index is 1400. The minimum atomic E-state index is -4.04. The first kappa shape index (κ1) is 23.6. The molecule has 0 unspecified atom stereocenters. The molecule has 9 nitrogen and oxygen atoms in total. The molecule has 1 amide bonds. The van der Waals surface area contributed by atoms with Crippen molar-refractivity contribution in [3.05, 3.63) is 98.5 Å². The molecule has 0 aliphatic carbocycles. The molecule has 0 heterocycles. The van der Waals surface area contributed by atoms with E-state index in [1.807, 2.05) is 0 Å². The van der Waals surface area contributed by atoms with Crippen molar-refractivity contribution < 1.29 is 22.3 Å². The van der Waals surface area contributed by atoms with E-state index in [0.717, 1.165) is 0 Å². The van der Waals surface area contributed by atoms with Gasteiger partial charge in [-0.1, -0.05) is 30.3 Å². The van der Waals surface area contributed by atoms with Crippen molar-refractivity contribution >= 4 is 49.4 Å². The highest BCUT2D eigenvalue weighted by Crippen LogP contribution is 2.30. The predicted molar refractivity (Wildman–Crippen MR) is 124 cm³/mol. The maximum atomic E-state index is 12.4. The summed E-state index contributed by atoms with van der Waals surface area (Å²) < 4.78 is 30.2. The molecule has 1 N–H and O–H groups in total. The third-order valence-corrected chi connectivity index (χ3v) is 6.05. The Morgan fingerprint density at radius 2 is 1.82 bits per heavy atom. The SMILES string of the molecule is N#C/C(=C\c1ccc(OS(=O)(=O)c2ccccc2)c(Br)c1)C(=O)Nc1cccc([N+](=O)[O-])c1. The lowest BCUT2D eigenvalue weighted by Gasteiger charge is -2.09. The van der Waals surface area contributed by atoms with Crippen molar-refractivity contribution in [2.75, 3.05) is 5.32 Å². The zero-order valence-electron chi connectivity index (χ0n) is 16.6. The number of benzene rings is 3. The third-order valence-electron chi connectivity index (χ3n) is 4.18. The van der Waals surface area contributed by atoms with Crippen molar-refractivity contribution in [3.63, 3.8) is 0 Å². The van der Waals surface area contributed by atoms with E-state index in [1.165, 1.54) is 60.7 Å². The fourth-order valence-electron chi connectivity index (χ4n) is 2.64. The Labute approximate surface area is 197 Å². The molecule has 0 saturated carbocycles. The second-order valence-corrected chi connectivity index (χ2v) is 8.87. The Balaban J connectivity index is 1.80. The molecule has 0 atom stereocenters. The Morgan fingerprint density at radius 3 is 2.45 bits per heavy atom. The molecule has 0 aliphatic rings. The smallest absolute Gasteiger partial charge is 0.339 e. The van der Waals surface area contributed by atoms with Crippen LogP contribution in [0.25, 0.3) is 6.08 Å². The maximum Gasteiger partial charge on any atom is 0.339 e. The van der Waals surface area contributed by atoms with Gasteiger partial charge in [-0.2, -0.15) is 13.7 Å². The Kier molecular flexibility index (Phi) is 7.22. The fraction of sp³-hybridized carbons (Fsp3) is 0. The molecule has 0 saturated heterocycles. The summed E-state index contributed by atoms with van der Waals surface area (Å²) in [6, 6.07) is 19.0. The molecule has 0 aromatic heterocycles. The molecule has 0 aliphatic heterocycles. The van der Waals surface area contributed by atoms with Gasteiger partial charge in [-0.15, -0.1) is 0 Å². The number of nitro groups is 1. The van der Waals surface area contributed by atoms with Gasteiger partial charge >= 0.3 is 10.1 Å². The Morgan fingerprint density at radius 1 is 1.09 bits per heavy atom. The normalized spacial score (nSPS) is 11.3. The van der Waals surface area contributed by atoms with Gasteiger partial charge in [-0.3, -0.25) is 14.9 Å². The zero-order valence-corrected chi connectivity index (χ0v) is 19.0. The monoisotopic (exact) mass is 527 g/mol. The number of hydrogen-bond donors (Lipinski definition) is 1. The molecular formula is C22H14BrN3O6S. The number of nitro benzene ring substituents is 1. The molecular weight excluding hydrogens is 514 g/mol. The van der Waals surface area contributed by atoms with Gasteiger partial charge in [-0.05, 0) is 57.9 Å². The highest BCUT2D eigenvalue weighted by Gasteiger charge is 2.18. The number of hydrogen-bond acceptors (Lipinski definition) is 7. The summed E-state index contributed by atoms with van der Waals surface area (Å²) in [5.74, 6) is -0.739. The first-order valence-corrected chi connectivity index (χ1v) is 11.4. The topological polar surface area (TPSA) is 139 Å². The number of nitrogens with zero attached hydrogens (tertiary/aromatic N) is 2.